The summed E-state index contributed by atoms with van der Waals surface area (Å²) >= 11 is 0. The summed E-state index contributed by atoms with van der Waals surface area (Å²) < 4.78 is 0. The number of rotatable bonds is 6. The van der Waals surface area contributed by atoms with Crippen LogP contribution in [-0.4, -0.2) is 12.6 Å². The van der Waals surface area contributed by atoms with Crippen LogP contribution >= 0.6 is 0 Å². The molecule has 4 aliphatic carbocycles. The first-order chi connectivity index (χ1) is 9.16. The molecule has 0 aromatic carbocycles. The highest BCUT2D eigenvalue weighted by Gasteiger charge is 2.54. The van der Waals surface area contributed by atoms with Crippen LogP contribution in [0.15, 0.2) is 0 Å². The van der Waals surface area contributed by atoms with E-state index in [-0.39, 0.29) is 0 Å². The smallest absolute Gasteiger partial charge is 0.0149 e. The summed E-state index contributed by atoms with van der Waals surface area (Å²) in [5.74, 6) is 4.12. The quantitative estimate of drug-likeness (QED) is 0.737. The lowest BCUT2D eigenvalue weighted by Gasteiger charge is -2.60. The molecule has 1 nitrogen and oxygen atoms in total. The third kappa shape index (κ3) is 2.48. The summed E-state index contributed by atoms with van der Waals surface area (Å²) in [5.41, 5.74) is 0.680. The normalized spacial score (nSPS) is 43.4. The molecule has 0 aromatic rings. The van der Waals surface area contributed by atoms with Gasteiger partial charge in [-0.05, 0) is 80.6 Å². The van der Waals surface area contributed by atoms with Gasteiger partial charge in [-0.15, -0.1) is 0 Å². The molecule has 1 heteroatoms. The molecule has 4 rings (SSSR count). The molecule has 0 heterocycles. The van der Waals surface area contributed by atoms with Crippen LogP contribution in [0.3, 0.4) is 0 Å². The zero-order valence-electron chi connectivity index (χ0n) is 13.3. The maximum absolute atomic E-state index is 3.92. The second-order valence-corrected chi connectivity index (χ2v) is 8.08. The van der Waals surface area contributed by atoms with Gasteiger partial charge in [0.25, 0.3) is 0 Å². The molecular weight excluding hydrogens is 230 g/mol. The molecule has 4 fully saturated rings. The van der Waals surface area contributed by atoms with Crippen molar-refractivity contribution in [2.45, 2.75) is 78.2 Å². The van der Waals surface area contributed by atoms with E-state index < -0.39 is 0 Å². The lowest BCUT2D eigenvalue weighted by atomic mass is 9.46. The highest BCUT2D eigenvalue weighted by atomic mass is 14.9. The Bertz CT molecular complexity index is 274. The summed E-state index contributed by atoms with van der Waals surface area (Å²) in [5, 5.41) is 3.92. The van der Waals surface area contributed by atoms with Crippen molar-refractivity contribution in [3.63, 3.8) is 0 Å². The van der Waals surface area contributed by atoms with E-state index >= 15 is 0 Å². The zero-order chi connectivity index (χ0) is 13.5. The van der Waals surface area contributed by atoms with Gasteiger partial charge in [-0.1, -0.05) is 27.2 Å². The van der Waals surface area contributed by atoms with Crippen molar-refractivity contribution in [1.29, 1.82) is 0 Å². The third-order valence-corrected chi connectivity index (χ3v) is 6.48. The van der Waals surface area contributed by atoms with E-state index in [0.29, 0.717) is 5.41 Å². The lowest BCUT2D eigenvalue weighted by Crippen LogP contribution is -2.58. The molecule has 19 heavy (non-hydrogen) atoms. The van der Waals surface area contributed by atoms with Crippen LogP contribution in [-0.2, 0) is 0 Å². The second kappa shape index (κ2) is 5.39. The van der Waals surface area contributed by atoms with E-state index in [0.717, 1.165) is 36.3 Å². The molecule has 0 spiro atoms. The van der Waals surface area contributed by atoms with Gasteiger partial charge in [0.05, 0.1) is 0 Å². The highest BCUT2D eigenvalue weighted by molar-refractivity contribution is 5.07. The van der Waals surface area contributed by atoms with Gasteiger partial charge in [0.1, 0.15) is 0 Å². The SMILES string of the molecule is CCCC(C)C(NCC)C12CC3CC(CC(C3)C1)C2. The number of hydrogen-bond donors (Lipinski definition) is 1. The molecule has 2 unspecified atom stereocenters. The molecule has 0 aliphatic heterocycles. The maximum Gasteiger partial charge on any atom is 0.0149 e. The summed E-state index contributed by atoms with van der Waals surface area (Å²) in [6.45, 7) is 8.31. The molecule has 0 saturated heterocycles. The summed E-state index contributed by atoms with van der Waals surface area (Å²) in [6, 6.07) is 0.797. The van der Waals surface area contributed by atoms with Crippen LogP contribution in [0, 0.1) is 29.1 Å². The van der Waals surface area contributed by atoms with Crippen molar-refractivity contribution < 1.29 is 0 Å². The second-order valence-electron chi connectivity index (χ2n) is 8.08. The van der Waals surface area contributed by atoms with Gasteiger partial charge in [-0.2, -0.15) is 0 Å². The fourth-order valence-electron chi connectivity index (χ4n) is 6.42. The molecular formula is C18H33N. The molecule has 1 N–H and O–H groups in total. The molecule has 4 bridgehead atoms. The molecule has 110 valence electrons. The van der Waals surface area contributed by atoms with E-state index in [1.54, 1.807) is 38.5 Å². The fourth-order valence-corrected chi connectivity index (χ4v) is 6.42. The highest BCUT2D eigenvalue weighted by Crippen LogP contribution is 2.62. The van der Waals surface area contributed by atoms with Gasteiger partial charge in [0.2, 0.25) is 0 Å². The minimum Gasteiger partial charge on any atom is -0.313 e. The molecule has 0 amide bonds. The van der Waals surface area contributed by atoms with Crippen LogP contribution < -0.4 is 5.32 Å². The van der Waals surface area contributed by atoms with E-state index in [1.807, 2.05) is 0 Å². The van der Waals surface area contributed by atoms with Gasteiger partial charge < -0.3 is 5.32 Å². The van der Waals surface area contributed by atoms with E-state index in [1.165, 1.54) is 12.8 Å². The Hall–Kier alpha value is -0.0400. The Morgan fingerprint density at radius 1 is 1.00 bits per heavy atom. The Balaban J connectivity index is 1.80. The van der Waals surface area contributed by atoms with Gasteiger partial charge in [0.15, 0.2) is 0 Å². The number of hydrogen-bond acceptors (Lipinski definition) is 1. The standard InChI is InChI=1S/C18H33N/c1-4-6-13(3)17(19-5-2)18-10-14-7-15(11-18)9-16(8-14)12-18/h13-17,19H,4-12H2,1-3H3. The fraction of sp³-hybridized carbons (Fsp3) is 1.00. The molecule has 4 saturated carbocycles. The average Bonchev–Trinajstić information content (AvgIpc) is 2.34. The molecule has 4 aliphatic rings. The Morgan fingerprint density at radius 3 is 1.95 bits per heavy atom. The van der Waals surface area contributed by atoms with Crippen molar-refractivity contribution in [3.8, 4) is 0 Å². The first kappa shape index (κ1) is 13.9. The van der Waals surface area contributed by atoms with E-state index in [9.17, 15) is 0 Å². The zero-order valence-corrected chi connectivity index (χ0v) is 13.3. The average molecular weight is 263 g/mol. The van der Waals surface area contributed by atoms with Gasteiger partial charge >= 0.3 is 0 Å². The molecule has 0 radical (unpaired) electrons. The van der Waals surface area contributed by atoms with Crippen LogP contribution in [0.4, 0.5) is 0 Å². The van der Waals surface area contributed by atoms with Gasteiger partial charge in [-0.25, -0.2) is 0 Å². The van der Waals surface area contributed by atoms with Crippen molar-refractivity contribution in [3.05, 3.63) is 0 Å². The summed E-state index contributed by atoms with van der Waals surface area (Å²) in [7, 11) is 0. The first-order valence-corrected chi connectivity index (χ1v) is 8.90. The topological polar surface area (TPSA) is 12.0 Å². The van der Waals surface area contributed by atoms with Crippen molar-refractivity contribution in [2.75, 3.05) is 6.54 Å². The van der Waals surface area contributed by atoms with Gasteiger partial charge in [-0.3, -0.25) is 0 Å². The van der Waals surface area contributed by atoms with E-state index in [2.05, 4.69) is 26.1 Å². The van der Waals surface area contributed by atoms with Crippen LogP contribution in [0.25, 0.3) is 0 Å². The largest absolute Gasteiger partial charge is 0.313 e. The minimum absolute atomic E-state index is 0.680. The maximum atomic E-state index is 3.92. The van der Waals surface area contributed by atoms with Crippen LogP contribution in [0.1, 0.15) is 72.1 Å². The Morgan fingerprint density at radius 2 is 1.53 bits per heavy atom. The summed E-state index contributed by atoms with van der Waals surface area (Å²) in [4.78, 5) is 0. The molecule has 0 aromatic heterocycles. The van der Waals surface area contributed by atoms with Crippen molar-refractivity contribution in [1.82, 2.24) is 5.32 Å². The van der Waals surface area contributed by atoms with Crippen molar-refractivity contribution >= 4 is 0 Å². The number of nitrogens with one attached hydrogen (secondary N) is 1. The van der Waals surface area contributed by atoms with Gasteiger partial charge in [0, 0.05) is 6.04 Å². The Labute approximate surface area is 119 Å². The van der Waals surface area contributed by atoms with Crippen LogP contribution in [0.5, 0.6) is 0 Å². The first-order valence-electron chi connectivity index (χ1n) is 8.90. The predicted molar refractivity (Wildman–Crippen MR) is 82.1 cm³/mol. The van der Waals surface area contributed by atoms with Crippen LogP contribution in [0.2, 0.25) is 0 Å². The van der Waals surface area contributed by atoms with E-state index in [4.69, 9.17) is 0 Å². The summed E-state index contributed by atoms with van der Waals surface area (Å²) in [6.07, 6.45) is 12.1. The minimum atomic E-state index is 0.680. The Kier molecular flexibility index (Phi) is 3.95. The van der Waals surface area contributed by atoms with Crippen molar-refractivity contribution in [2.24, 2.45) is 29.1 Å². The predicted octanol–water partition coefficient (Wildman–Crippen LogP) is 4.62. The lowest BCUT2D eigenvalue weighted by molar-refractivity contribution is -0.0839. The molecule has 2 atom stereocenters. The third-order valence-electron chi connectivity index (χ3n) is 6.48. The monoisotopic (exact) mass is 263 g/mol.